The van der Waals surface area contributed by atoms with Gasteiger partial charge >= 0.3 is 12.0 Å². The Morgan fingerprint density at radius 1 is 1.10 bits per heavy atom. The molecule has 2 aromatic rings. The van der Waals surface area contributed by atoms with Crippen LogP contribution < -0.4 is 9.30 Å². The van der Waals surface area contributed by atoms with Crippen molar-refractivity contribution in [2.24, 2.45) is 4.99 Å². The lowest BCUT2D eigenvalue weighted by atomic mass is 10.1. The molecule has 0 N–H and O–H groups in total. The Kier molecular flexibility index (Phi) is 5.07. The van der Waals surface area contributed by atoms with Gasteiger partial charge in [0.15, 0.2) is 5.75 Å². The molecule has 9 nitrogen and oxygen atoms in total. The zero-order valence-electron chi connectivity index (χ0n) is 17.9. The molecule has 158 valence electrons. The number of ether oxygens (including phenoxy) is 2. The number of carbonyl (C=O) groups is 2. The fourth-order valence-corrected chi connectivity index (χ4v) is 3.92. The van der Waals surface area contributed by atoms with E-state index >= 15 is 0 Å². The number of urea groups is 1. The van der Waals surface area contributed by atoms with Gasteiger partial charge < -0.3 is 9.47 Å². The number of hydrogen-bond acceptors (Lipinski definition) is 5. The third-order valence-electron chi connectivity index (χ3n) is 5.63. The average Bonchev–Trinajstić information content (AvgIpc) is 3.24. The van der Waals surface area contributed by atoms with Crippen LogP contribution in [0, 0.1) is 13.8 Å². The van der Waals surface area contributed by atoms with Gasteiger partial charge in [0.2, 0.25) is 11.9 Å². The number of benzene rings is 1. The minimum atomic E-state index is -0.654. The highest BCUT2D eigenvalue weighted by Crippen LogP contribution is 2.35. The summed E-state index contributed by atoms with van der Waals surface area (Å²) in [5.74, 6) is 1.43. The van der Waals surface area contributed by atoms with E-state index < -0.39 is 6.04 Å². The zero-order chi connectivity index (χ0) is 21.6. The Bertz CT molecular complexity index is 1060. The summed E-state index contributed by atoms with van der Waals surface area (Å²) in [4.78, 5) is 32.6. The first-order chi connectivity index (χ1) is 14.4. The molecule has 1 saturated heterocycles. The molecule has 2 aliphatic heterocycles. The van der Waals surface area contributed by atoms with Crippen LogP contribution in [0.5, 0.6) is 5.75 Å². The SMILES string of the molecule is CCOCCOc1ccccc1-n1c(C)c(C)[n+]2c1N=C1C2C(=O)N(C)C(=O)N1C. The van der Waals surface area contributed by atoms with Crippen molar-refractivity contribution in [2.45, 2.75) is 26.8 Å². The maximum Gasteiger partial charge on any atom is 0.407 e. The maximum absolute atomic E-state index is 12.9. The Morgan fingerprint density at radius 3 is 2.57 bits per heavy atom. The molecule has 3 heterocycles. The van der Waals surface area contributed by atoms with Gasteiger partial charge in [-0.05, 0) is 32.9 Å². The van der Waals surface area contributed by atoms with Gasteiger partial charge in [0.1, 0.15) is 23.7 Å². The molecule has 1 unspecified atom stereocenters. The number of fused-ring (bicyclic) bond motifs is 3. The quantitative estimate of drug-likeness (QED) is 0.536. The number of aliphatic imine (C=N–C) groups is 1. The minimum Gasteiger partial charge on any atom is -0.487 e. The number of amidine groups is 1. The highest BCUT2D eigenvalue weighted by atomic mass is 16.5. The van der Waals surface area contributed by atoms with E-state index in [2.05, 4.69) is 0 Å². The number of rotatable bonds is 6. The van der Waals surface area contributed by atoms with Crippen molar-refractivity contribution in [3.05, 3.63) is 35.7 Å². The van der Waals surface area contributed by atoms with Crippen molar-refractivity contribution >= 4 is 23.7 Å². The molecule has 0 saturated carbocycles. The van der Waals surface area contributed by atoms with Gasteiger partial charge in [-0.3, -0.25) is 14.6 Å². The lowest BCUT2D eigenvalue weighted by Gasteiger charge is -2.30. The second kappa shape index (κ2) is 7.56. The van der Waals surface area contributed by atoms with Crippen LogP contribution in [-0.2, 0) is 9.53 Å². The second-order valence-electron chi connectivity index (χ2n) is 7.30. The third-order valence-corrected chi connectivity index (χ3v) is 5.63. The molecule has 9 heteroatoms. The summed E-state index contributed by atoms with van der Waals surface area (Å²) >= 11 is 0. The number of amides is 3. The largest absolute Gasteiger partial charge is 0.487 e. The Hall–Kier alpha value is -3.20. The Labute approximate surface area is 175 Å². The Morgan fingerprint density at radius 2 is 1.83 bits per heavy atom. The number of carbonyl (C=O) groups excluding carboxylic acids is 2. The summed E-state index contributed by atoms with van der Waals surface area (Å²) < 4.78 is 15.2. The number of imidazole rings is 1. The van der Waals surface area contributed by atoms with E-state index in [-0.39, 0.29) is 11.9 Å². The van der Waals surface area contributed by atoms with E-state index in [1.54, 1.807) is 7.05 Å². The number of aromatic nitrogens is 2. The third kappa shape index (κ3) is 2.88. The molecule has 3 amide bonds. The summed E-state index contributed by atoms with van der Waals surface area (Å²) in [5.41, 5.74) is 2.67. The van der Waals surface area contributed by atoms with Crippen LogP contribution >= 0.6 is 0 Å². The van der Waals surface area contributed by atoms with E-state index in [1.165, 1.54) is 11.9 Å². The van der Waals surface area contributed by atoms with E-state index in [0.717, 1.165) is 22.0 Å². The first-order valence-electron chi connectivity index (χ1n) is 9.95. The normalized spacial score (nSPS) is 17.9. The first kappa shape index (κ1) is 20.1. The minimum absolute atomic E-state index is 0.290. The Balaban J connectivity index is 1.82. The van der Waals surface area contributed by atoms with Gasteiger partial charge in [-0.15, -0.1) is 0 Å². The standard InChI is InChI=1S/C21H26N5O4/c1-6-29-11-12-30-16-10-8-7-9-15(16)25-13(2)14(3)26-17-18(22-20(25)26)23(4)21(28)24(5)19(17)27/h7-10,17H,6,11-12H2,1-5H3/q+1. The molecule has 30 heavy (non-hydrogen) atoms. The van der Waals surface area contributed by atoms with E-state index in [9.17, 15) is 9.59 Å². The number of para-hydroxylation sites is 2. The van der Waals surface area contributed by atoms with Crippen LogP contribution in [0.2, 0.25) is 0 Å². The van der Waals surface area contributed by atoms with Crippen LogP contribution in [-0.4, -0.2) is 66.1 Å². The van der Waals surface area contributed by atoms with E-state index in [0.29, 0.717) is 37.4 Å². The van der Waals surface area contributed by atoms with Gasteiger partial charge in [0, 0.05) is 20.7 Å². The van der Waals surface area contributed by atoms with Crippen molar-refractivity contribution in [1.29, 1.82) is 0 Å². The number of hydrogen-bond donors (Lipinski definition) is 0. The summed E-state index contributed by atoms with van der Waals surface area (Å²) in [7, 11) is 3.14. The van der Waals surface area contributed by atoms with Crippen molar-refractivity contribution in [3.8, 4) is 11.4 Å². The van der Waals surface area contributed by atoms with Gasteiger partial charge in [0.25, 0.3) is 5.91 Å². The summed E-state index contributed by atoms with van der Waals surface area (Å²) in [6, 6.07) is 6.65. The predicted octanol–water partition coefficient (Wildman–Crippen LogP) is 1.91. The lowest BCUT2D eigenvalue weighted by molar-refractivity contribution is -0.682. The molecule has 1 fully saturated rings. The van der Waals surface area contributed by atoms with Crippen molar-refractivity contribution < 1.29 is 23.6 Å². The fraction of sp³-hybridized carbons (Fsp3) is 0.429. The highest BCUT2D eigenvalue weighted by molar-refractivity contribution is 6.18. The summed E-state index contributed by atoms with van der Waals surface area (Å²) in [6.07, 6.45) is 0. The van der Waals surface area contributed by atoms with Crippen molar-refractivity contribution in [3.63, 3.8) is 0 Å². The molecule has 1 aromatic carbocycles. The summed E-state index contributed by atoms with van der Waals surface area (Å²) in [6.45, 7) is 7.45. The predicted molar refractivity (Wildman–Crippen MR) is 109 cm³/mol. The van der Waals surface area contributed by atoms with Crippen LogP contribution in [0.1, 0.15) is 24.4 Å². The molecule has 0 radical (unpaired) electrons. The van der Waals surface area contributed by atoms with Gasteiger partial charge in [-0.2, -0.15) is 4.57 Å². The van der Waals surface area contributed by atoms with E-state index in [4.69, 9.17) is 14.5 Å². The van der Waals surface area contributed by atoms with Crippen LogP contribution in [0.3, 0.4) is 0 Å². The number of imide groups is 1. The summed E-state index contributed by atoms with van der Waals surface area (Å²) in [5, 5.41) is 0. The molecule has 0 aliphatic carbocycles. The topological polar surface area (TPSA) is 80.2 Å². The van der Waals surface area contributed by atoms with Crippen LogP contribution in [0.4, 0.5) is 10.7 Å². The molecule has 2 aliphatic rings. The number of nitrogens with zero attached hydrogens (tertiary/aromatic N) is 5. The molecule has 4 rings (SSSR count). The number of likely N-dealkylation sites (N-methyl/N-ethyl adjacent to an activating group) is 2. The van der Waals surface area contributed by atoms with Crippen LogP contribution in [0.15, 0.2) is 29.3 Å². The second-order valence-corrected chi connectivity index (χ2v) is 7.30. The monoisotopic (exact) mass is 412 g/mol. The average molecular weight is 412 g/mol. The first-order valence-corrected chi connectivity index (χ1v) is 9.95. The van der Waals surface area contributed by atoms with Crippen LogP contribution in [0.25, 0.3) is 5.69 Å². The maximum atomic E-state index is 12.9. The molecular weight excluding hydrogens is 386 g/mol. The van der Waals surface area contributed by atoms with Gasteiger partial charge in [0.05, 0.1) is 6.61 Å². The molecule has 1 aromatic heterocycles. The van der Waals surface area contributed by atoms with E-state index in [1.807, 2.05) is 54.2 Å². The molecular formula is C21H26N5O4+. The highest BCUT2D eigenvalue weighted by Gasteiger charge is 2.53. The van der Waals surface area contributed by atoms with Crippen molar-refractivity contribution in [1.82, 2.24) is 14.4 Å². The molecule has 0 spiro atoms. The van der Waals surface area contributed by atoms with Gasteiger partial charge in [-0.1, -0.05) is 17.1 Å². The molecule has 1 atom stereocenters. The van der Waals surface area contributed by atoms with Gasteiger partial charge in [-0.25, -0.2) is 9.36 Å². The zero-order valence-corrected chi connectivity index (χ0v) is 17.9. The molecule has 0 bridgehead atoms. The van der Waals surface area contributed by atoms with Crippen molar-refractivity contribution in [2.75, 3.05) is 33.9 Å². The lowest BCUT2D eigenvalue weighted by Crippen LogP contribution is -2.62. The smallest absolute Gasteiger partial charge is 0.407 e. The fourth-order valence-electron chi connectivity index (χ4n) is 3.92.